The Kier molecular flexibility index (Phi) is 4.53. The van der Waals surface area contributed by atoms with E-state index in [4.69, 9.17) is 5.14 Å². The van der Waals surface area contributed by atoms with Crippen LogP contribution in [0, 0.1) is 5.92 Å². The molecule has 0 amide bonds. The van der Waals surface area contributed by atoms with Crippen LogP contribution in [0.2, 0.25) is 0 Å². The number of rotatable bonds is 3. The number of anilines is 1. The number of sulfonamides is 1. The molecule has 2 unspecified atom stereocenters. The van der Waals surface area contributed by atoms with Crippen LogP contribution >= 0.6 is 15.9 Å². The predicted molar refractivity (Wildman–Crippen MR) is 80.6 cm³/mol. The van der Waals surface area contributed by atoms with Gasteiger partial charge in [-0.2, -0.15) is 0 Å². The van der Waals surface area contributed by atoms with E-state index in [0.717, 1.165) is 16.6 Å². The molecule has 106 valence electrons. The lowest BCUT2D eigenvalue weighted by Gasteiger charge is -2.30. The SMILES string of the molecule is CC1CCCCC1Nc1ccc(S(N)(=O)=O)cc1Br. The van der Waals surface area contributed by atoms with Gasteiger partial charge in [0.1, 0.15) is 0 Å². The minimum absolute atomic E-state index is 0.126. The first kappa shape index (κ1) is 14.8. The van der Waals surface area contributed by atoms with E-state index in [1.165, 1.54) is 25.3 Å². The molecule has 1 aliphatic carbocycles. The first-order valence-corrected chi connectivity index (χ1v) is 8.81. The summed E-state index contributed by atoms with van der Waals surface area (Å²) in [4.78, 5) is 0.126. The maximum atomic E-state index is 11.3. The molecule has 1 aromatic carbocycles. The van der Waals surface area contributed by atoms with Crippen LogP contribution in [0.4, 0.5) is 5.69 Å². The van der Waals surface area contributed by atoms with Gasteiger partial charge in [0, 0.05) is 16.2 Å². The maximum Gasteiger partial charge on any atom is 0.238 e. The van der Waals surface area contributed by atoms with Crippen molar-refractivity contribution >= 4 is 31.6 Å². The summed E-state index contributed by atoms with van der Waals surface area (Å²) in [7, 11) is -3.64. The van der Waals surface area contributed by atoms with Crippen molar-refractivity contribution in [2.24, 2.45) is 11.1 Å². The third-order valence-electron chi connectivity index (χ3n) is 3.72. The number of nitrogens with one attached hydrogen (secondary N) is 1. The average Bonchev–Trinajstić information content (AvgIpc) is 2.33. The molecule has 0 saturated heterocycles. The van der Waals surface area contributed by atoms with Gasteiger partial charge < -0.3 is 5.32 Å². The molecule has 1 saturated carbocycles. The van der Waals surface area contributed by atoms with Gasteiger partial charge in [0.15, 0.2) is 0 Å². The van der Waals surface area contributed by atoms with E-state index in [1.54, 1.807) is 12.1 Å². The van der Waals surface area contributed by atoms with Gasteiger partial charge in [-0.3, -0.25) is 0 Å². The van der Waals surface area contributed by atoms with E-state index in [0.29, 0.717) is 12.0 Å². The average molecular weight is 347 g/mol. The third kappa shape index (κ3) is 3.70. The van der Waals surface area contributed by atoms with Crippen molar-refractivity contribution in [1.29, 1.82) is 0 Å². The van der Waals surface area contributed by atoms with Crippen LogP contribution in [0.25, 0.3) is 0 Å². The summed E-state index contributed by atoms with van der Waals surface area (Å²) in [6, 6.07) is 5.30. The highest BCUT2D eigenvalue weighted by molar-refractivity contribution is 9.10. The van der Waals surface area contributed by atoms with Gasteiger partial charge in [-0.15, -0.1) is 0 Å². The highest BCUT2D eigenvalue weighted by atomic mass is 79.9. The van der Waals surface area contributed by atoms with Gasteiger partial charge in [0.25, 0.3) is 0 Å². The number of benzene rings is 1. The topological polar surface area (TPSA) is 72.2 Å². The smallest absolute Gasteiger partial charge is 0.238 e. The molecule has 2 atom stereocenters. The number of primary sulfonamides is 1. The van der Waals surface area contributed by atoms with Crippen molar-refractivity contribution in [3.05, 3.63) is 22.7 Å². The Bertz CT molecular complexity index is 560. The normalized spacial score (nSPS) is 24.2. The van der Waals surface area contributed by atoms with E-state index in [1.807, 2.05) is 0 Å². The zero-order valence-electron chi connectivity index (χ0n) is 10.9. The summed E-state index contributed by atoms with van der Waals surface area (Å²) >= 11 is 3.40. The van der Waals surface area contributed by atoms with Crippen molar-refractivity contribution in [2.75, 3.05) is 5.32 Å². The second-order valence-electron chi connectivity index (χ2n) is 5.20. The van der Waals surface area contributed by atoms with Crippen LogP contribution in [0.1, 0.15) is 32.6 Å². The predicted octanol–water partition coefficient (Wildman–Crippen LogP) is 3.09. The molecule has 6 heteroatoms. The summed E-state index contributed by atoms with van der Waals surface area (Å²) in [6.07, 6.45) is 4.94. The highest BCUT2D eigenvalue weighted by Gasteiger charge is 2.21. The van der Waals surface area contributed by atoms with E-state index in [9.17, 15) is 8.42 Å². The van der Waals surface area contributed by atoms with Crippen molar-refractivity contribution in [3.63, 3.8) is 0 Å². The lowest BCUT2D eigenvalue weighted by Crippen LogP contribution is -2.30. The molecule has 1 fully saturated rings. The van der Waals surface area contributed by atoms with Crippen LogP contribution in [-0.4, -0.2) is 14.5 Å². The van der Waals surface area contributed by atoms with Crippen LogP contribution in [0.3, 0.4) is 0 Å². The van der Waals surface area contributed by atoms with Crippen LogP contribution in [-0.2, 0) is 10.0 Å². The minimum atomic E-state index is -3.64. The fraction of sp³-hybridized carbons (Fsp3) is 0.538. The summed E-state index contributed by atoms with van der Waals surface area (Å²) in [5, 5.41) is 8.61. The summed E-state index contributed by atoms with van der Waals surface area (Å²) < 4.78 is 23.3. The van der Waals surface area contributed by atoms with Crippen molar-refractivity contribution < 1.29 is 8.42 Å². The largest absolute Gasteiger partial charge is 0.381 e. The Morgan fingerprint density at radius 1 is 1.32 bits per heavy atom. The van der Waals surface area contributed by atoms with E-state index in [-0.39, 0.29) is 4.90 Å². The summed E-state index contributed by atoms with van der Waals surface area (Å²) in [5.74, 6) is 0.638. The summed E-state index contributed by atoms with van der Waals surface area (Å²) in [6.45, 7) is 2.25. The molecule has 0 aliphatic heterocycles. The number of hydrogen-bond acceptors (Lipinski definition) is 3. The molecule has 1 aliphatic rings. The molecule has 0 aromatic heterocycles. The van der Waals surface area contributed by atoms with Crippen molar-refractivity contribution in [1.82, 2.24) is 0 Å². The van der Waals surface area contributed by atoms with E-state index < -0.39 is 10.0 Å². The van der Waals surface area contributed by atoms with Crippen LogP contribution in [0.15, 0.2) is 27.6 Å². The van der Waals surface area contributed by atoms with Crippen LogP contribution in [0.5, 0.6) is 0 Å². The van der Waals surface area contributed by atoms with Gasteiger partial charge in [-0.05, 0) is 52.9 Å². The molecule has 1 aromatic rings. The van der Waals surface area contributed by atoms with Gasteiger partial charge in [-0.25, -0.2) is 13.6 Å². The fourth-order valence-corrected chi connectivity index (χ4v) is 3.70. The van der Waals surface area contributed by atoms with Crippen molar-refractivity contribution in [3.8, 4) is 0 Å². The zero-order valence-corrected chi connectivity index (χ0v) is 13.3. The molecule has 0 bridgehead atoms. The van der Waals surface area contributed by atoms with Gasteiger partial charge in [-0.1, -0.05) is 19.8 Å². The number of nitrogens with two attached hydrogens (primary N) is 1. The van der Waals surface area contributed by atoms with E-state index in [2.05, 4.69) is 28.2 Å². The fourth-order valence-electron chi connectivity index (χ4n) is 2.52. The Hall–Kier alpha value is -0.590. The summed E-state index contributed by atoms with van der Waals surface area (Å²) in [5.41, 5.74) is 0.922. The molecular formula is C13H19BrN2O2S. The second-order valence-corrected chi connectivity index (χ2v) is 7.61. The molecule has 0 spiro atoms. The van der Waals surface area contributed by atoms with Gasteiger partial charge in [0.2, 0.25) is 10.0 Å². The first-order valence-electron chi connectivity index (χ1n) is 6.47. The number of halogens is 1. The molecule has 2 rings (SSSR count). The zero-order chi connectivity index (χ0) is 14.0. The minimum Gasteiger partial charge on any atom is -0.381 e. The third-order valence-corrected chi connectivity index (χ3v) is 5.29. The molecular weight excluding hydrogens is 328 g/mol. The molecule has 4 nitrogen and oxygen atoms in total. The lowest BCUT2D eigenvalue weighted by molar-refractivity contribution is 0.349. The van der Waals surface area contributed by atoms with Gasteiger partial charge >= 0.3 is 0 Å². The van der Waals surface area contributed by atoms with Gasteiger partial charge in [0.05, 0.1) is 4.90 Å². The Morgan fingerprint density at radius 2 is 2.00 bits per heavy atom. The molecule has 0 radical (unpaired) electrons. The molecule has 3 N–H and O–H groups in total. The molecule has 19 heavy (non-hydrogen) atoms. The lowest BCUT2D eigenvalue weighted by atomic mass is 9.86. The quantitative estimate of drug-likeness (QED) is 0.883. The maximum absolute atomic E-state index is 11.3. The Morgan fingerprint density at radius 3 is 2.58 bits per heavy atom. The van der Waals surface area contributed by atoms with E-state index >= 15 is 0 Å². The second kappa shape index (κ2) is 5.81. The Labute approximate surface area is 122 Å². The first-order chi connectivity index (χ1) is 8.88. The monoisotopic (exact) mass is 346 g/mol. The Balaban J connectivity index is 2.17. The highest BCUT2D eigenvalue weighted by Crippen LogP contribution is 2.31. The van der Waals surface area contributed by atoms with Crippen molar-refractivity contribution in [2.45, 2.75) is 43.5 Å². The van der Waals surface area contributed by atoms with Crippen LogP contribution < -0.4 is 10.5 Å². The standard InChI is InChI=1S/C13H19BrN2O2S/c1-9-4-2-3-5-12(9)16-13-7-6-10(8-11(13)14)19(15,17)18/h6-9,12,16H,2-5H2,1H3,(H2,15,17,18). The molecule has 0 heterocycles. The number of hydrogen-bond donors (Lipinski definition) is 2.